The lowest BCUT2D eigenvalue weighted by Gasteiger charge is -2.09. The first-order chi connectivity index (χ1) is 7.61. The number of aryl methyl sites for hydroxylation is 1. The highest BCUT2D eigenvalue weighted by atomic mass is 19.1. The Bertz CT molecular complexity index is 331. The largest absolute Gasteiger partial charge is 0.475 e. The van der Waals surface area contributed by atoms with E-state index in [9.17, 15) is 4.39 Å². The maximum Gasteiger partial charge on any atom is 0.253 e. The molecule has 0 saturated carbocycles. The molecule has 0 aliphatic carbocycles. The highest BCUT2D eigenvalue weighted by Crippen LogP contribution is 2.14. The summed E-state index contributed by atoms with van der Waals surface area (Å²) in [6.45, 7) is 7.04. The van der Waals surface area contributed by atoms with Gasteiger partial charge in [-0.05, 0) is 19.9 Å². The number of rotatable bonds is 6. The topological polar surface area (TPSA) is 47.0 Å². The van der Waals surface area contributed by atoms with Gasteiger partial charge >= 0.3 is 0 Å². The fourth-order valence-electron chi connectivity index (χ4n) is 1.17. The van der Waals surface area contributed by atoms with Crippen LogP contribution in [0.15, 0.2) is 6.33 Å². The van der Waals surface area contributed by atoms with Gasteiger partial charge in [-0.3, -0.25) is 0 Å². The Balaban J connectivity index is 2.29. The number of hydrogen-bond acceptors (Lipinski definition) is 4. The molecule has 1 aromatic heterocycles. The molecule has 16 heavy (non-hydrogen) atoms. The molecule has 1 heterocycles. The van der Waals surface area contributed by atoms with Crippen LogP contribution in [0.1, 0.15) is 26.0 Å². The molecule has 0 aromatic carbocycles. The summed E-state index contributed by atoms with van der Waals surface area (Å²) < 4.78 is 18.6. The summed E-state index contributed by atoms with van der Waals surface area (Å²) in [7, 11) is 0. The van der Waals surface area contributed by atoms with E-state index >= 15 is 0 Å². The van der Waals surface area contributed by atoms with Crippen molar-refractivity contribution < 1.29 is 9.13 Å². The lowest BCUT2D eigenvalue weighted by Crippen LogP contribution is -2.24. The highest BCUT2D eigenvalue weighted by molar-refractivity contribution is 5.15. The lowest BCUT2D eigenvalue weighted by atomic mass is 10.3. The van der Waals surface area contributed by atoms with Crippen LogP contribution in [0.2, 0.25) is 0 Å². The van der Waals surface area contributed by atoms with Crippen LogP contribution in [0.3, 0.4) is 0 Å². The van der Waals surface area contributed by atoms with Gasteiger partial charge in [0, 0.05) is 6.04 Å². The van der Waals surface area contributed by atoms with Crippen LogP contribution in [-0.2, 0) is 0 Å². The van der Waals surface area contributed by atoms with E-state index in [0.29, 0.717) is 18.3 Å². The number of halogens is 1. The molecule has 90 valence electrons. The first-order valence-electron chi connectivity index (χ1n) is 5.44. The molecular weight excluding hydrogens is 209 g/mol. The summed E-state index contributed by atoms with van der Waals surface area (Å²) in [6.07, 6.45) is 2.13. The predicted molar refractivity (Wildman–Crippen MR) is 60.0 cm³/mol. The Kier molecular flexibility index (Phi) is 5.11. The number of ether oxygens (including phenoxy) is 1. The van der Waals surface area contributed by atoms with Gasteiger partial charge < -0.3 is 10.1 Å². The second-order valence-corrected chi connectivity index (χ2v) is 3.89. The van der Waals surface area contributed by atoms with Gasteiger partial charge in [-0.15, -0.1) is 0 Å². The van der Waals surface area contributed by atoms with Crippen molar-refractivity contribution in [3.8, 4) is 5.88 Å². The molecule has 1 rings (SSSR count). The molecule has 1 N–H and O–H groups in total. The van der Waals surface area contributed by atoms with Crippen molar-refractivity contribution in [2.45, 2.75) is 33.2 Å². The van der Waals surface area contributed by atoms with E-state index in [0.717, 1.165) is 13.0 Å². The van der Waals surface area contributed by atoms with Crippen LogP contribution >= 0.6 is 0 Å². The molecule has 0 bridgehead atoms. The number of nitrogens with zero attached hydrogens (tertiary/aromatic N) is 2. The van der Waals surface area contributed by atoms with E-state index in [1.165, 1.54) is 6.33 Å². The van der Waals surface area contributed by atoms with Crippen LogP contribution in [0.4, 0.5) is 4.39 Å². The van der Waals surface area contributed by atoms with Crippen molar-refractivity contribution >= 4 is 0 Å². The summed E-state index contributed by atoms with van der Waals surface area (Å²) in [5.41, 5.74) is 0.310. The number of nitrogens with one attached hydrogen (secondary N) is 1. The van der Waals surface area contributed by atoms with Gasteiger partial charge in [-0.2, -0.15) is 9.37 Å². The monoisotopic (exact) mass is 227 g/mol. The van der Waals surface area contributed by atoms with E-state index in [1.807, 2.05) is 0 Å². The normalized spacial score (nSPS) is 10.8. The minimum Gasteiger partial charge on any atom is -0.475 e. The first-order valence-corrected chi connectivity index (χ1v) is 5.44. The average molecular weight is 227 g/mol. The molecule has 0 aliphatic rings. The van der Waals surface area contributed by atoms with Crippen LogP contribution in [0.25, 0.3) is 0 Å². The fourth-order valence-corrected chi connectivity index (χ4v) is 1.17. The molecule has 4 nitrogen and oxygen atoms in total. The third-order valence-electron chi connectivity index (χ3n) is 2.04. The number of hydrogen-bond donors (Lipinski definition) is 1. The van der Waals surface area contributed by atoms with Gasteiger partial charge in [0.05, 0.1) is 12.3 Å². The van der Waals surface area contributed by atoms with E-state index in [-0.39, 0.29) is 5.88 Å². The summed E-state index contributed by atoms with van der Waals surface area (Å²) in [5, 5.41) is 3.25. The zero-order valence-electron chi connectivity index (χ0n) is 9.96. The van der Waals surface area contributed by atoms with E-state index in [2.05, 4.69) is 29.1 Å². The molecule has 0 unspecified atom stereocenters. The first kappa shape index (κ1) is 12.8. The second-order valence-electron chi connectivity index (χ2n) is 3.89. The smallest absolute Gasteiger partial charge is 0.253 e. The minimum atomic E-state index is -0.473. The zero-order chi connectivity index (χ0) is 12.0. The Morgan fingerprint density at radius 2 is 2.19 bits per heavy atom. The molecule has 0 atom stereocenters. The Hall–Kier alpha value is -1.23. The van der Waals surface area contributed by atoms with E-state index in [1.54, 1.807) is 6.92 Å². The Labute approximate surface area is 95.3 Å². The molecule has 0 saturated heterocycles. The van der Waals surface area contributed by atoms with E-state index < -0.39 is 5.82 Å². The van der Waals surface area contributed by atoms with Crippen LogP contribution < -0.4 is 10.1 Å². The quantitative estimate of drug-likeness (QED) is 0.751. The van der Waals surface area contributed by atoms with Gasteiger partial charge in [0.15, 0.2) is 0 Å². The van der Waals surface area contributed by atoms with Crippen molar-refractivity contribution in [3.05, 3.63) is 17.8 Å². The summed E-state index contributed by atoms with van der Waals surface area (Å²) in [6, 6.07) is 0.457. The lowest BCUT2D eigenvalue weighted by molar-refractivity contribution is 0.278. The molecular formula is C11H18FN3O. The molecule has 1 aromatic rings. The maximum absolute atomic E-state index is 13.4. The van der Waals surface area contributed by atoms with Gasteiger partial charge in [-0.1, -0.05) is 13.8 Å². The van der Waals surface area contributed by atoms with Crippen molar-refractivity contribution in [2.75, 3.05) is 13.2 Å². The van der Waals surface area contributed by atoms with Gasteiger partial charge in [0.2, 0.25) is 5.82 Å². The summed E-state index contributed by atoms with van der Waals surface area (Å²) in [4.78, 5) is 7.47. The predicted octanol–water partition coefficient (Wildman–Crippen LogP) is 1.69. The molecule has 5 heteroatoms. The molecule has 0 spiro atoms. The van der Waals surface area contributed by atoms with Crippen molar-refractivity contribution in [3.63, 3.8) is 0 Å². The third-order valence-corrected chi connectivity index (χ3v) is 2.04. The third kappa shape index (κ3) is 4.10. The Morgan fingerprint density at radius 1 is 1.44 bits per heavy atom. The maximum atomic E-state index is 13.4. The van der Waals surface area contributed by atoms with Gasteiger partial charge in [0.25, 0.3) is 5.88 Å². The fraction of sp³-hybridized carbons (Fsp3) is 0.636. The average Bonchev–Trinajstić information content (AvgIpc) is 2.23. The van der Waals surface area contributed by atoms with Crippen LogP contribution in [-0.4, -0.2) is 29.2 Å². The van der Waals surface area contributed by atoms with Crippen molar-refractivity contribution in [2.24, 2.45) is 0 Å². The molecule has 0 amide bonds. The standard InChI is InChI=1S/C11H18FN3O/c1-8(2)13-5-4-6-16-11-10(12)9(3)14-7-15-11/h7-8,13H,4-6H2,1-3H3. The van der Waals surface area contributed by atoms with E-state index in [4.69, 9.17) is 4.74 Å². The van der Waals surface area contributed by atoms with Crippen molar-refractivity contribution in [1.82, 2.24) is 15.3 Å². The van der Waals surface area contributed by atoms with Crippen LogP contribution in [0, 0.1) is 12.7 Å². The Morgan fingerprint density at radius 3 is 2.88 bits per heavy atom. The highest BCUT2D eigenvalue weighted by Gasteiger charge is 2.08. The van der Waals surface area contributed by atoms with Crippen molar-refractivity contribution in [1.29, 1.82) is 0 Å². The van der Waals surface area contributed by atoms with Crippen LogP contribution in [0.5, 0.6) is 5.88 Å². The molecule has 0 fully saturated rings. The van der Waals surface area contributed by atoms with Gasteiger partial charge in [-0.25, -0.2) is 4.98 Å². The second kappa shape index (κ2) is 6.37. The zero-order valence-corrected chi connectivity index (χ0v) is 9.96. The SMILES string of the molecule is Cc1ncnc(OCCCNC(C)C)c1F. The molecule has 0 aliphatic heterocycles. The summed E-state index contributed by atoms with van der Waals surface area (Å²) >= 11 is 0. The molecule has 0 radical (unpaired) electrons. The minimum absolute atomic E-state index is 0.0389. The number of aromatic nitrogens is 2. The van der Waals surface area contributed by atoms with Gasteiger partial charge in [0.1, 0.15) is 6.33 Å². The summed E-state index contributed by atoms with van der Waals surface area (Å²) in [5.74, 6) is -0.434.